The van der Waals surface area contributed by atoms with E-state index >= 15 is 0 Å². The number of fused-ring (bicyclic) bond motifs is 1. The molecule has 0 radical (unpaired) electrons. The van der Waals surface area contributed by atoms with Gasteiger partial charge in [-0.05, 0) is 31.0 Å². The number of amides is 1. The van der Waals surface area contributed by atoms with E-state index < -0.39 is 0 Å². The number of nitrogens with one attached hydrogen (secondary N) is 1. The molecule has 2 aromatic rings. The Morgan fingerprint density at radius 3 is 3.15 bits per heavy atom. The van der Waals surface area contributed by atoms with Gasteiger partial charge in [0.05, 0.1) is 6.33 Å². The van der Waals surface area contributed by atoms with Gasteiger partial charge in [-0.1, -0.05) is 17.7 Å². The maximum atomic E-state index is 12.3. The van der Waals surface area contributed by atoms with E-state index in [4.69, 9.17) is 11.6 Å². The Balaban J connectivity index is 1.69. The van der Waals surface area contributed by atoms with Crippen molar-refractivity contribution in [1.29, 1.82) is 0 Å². The van der Waals surface area contributed by atoms with Gasteiger partial charge in [0.25, 0.3) is 0 Å². The minimum atomic E-state index is -0.000668. The van der Waals surface area contributed by atoms with Crippen molar-refractivity contribution >= 4 is 23.2 Å². The number of hydrogen-bond acceptors (Lipinski definition) is 2. The first-order valence-electron chi connectivity index (χ1n) is 6.69. The molecule has 0 fully saturated rings. The second kappa shape index (κ2) is 5.29. The Hall–Kier alpha value is -1.81. The van der Waals surface area contributed by atoms with Gasteiger partial charge in [0.2, 0.25) is 5.91 Å². The Kier molecular flexibility index (Phi) is 3.49. The van der Waals surface area contributed by atoms with Gasteiger partial charge in [-0.25, -0.2) is 4.98 Å². The number of hydrogen-bond donors (Lipinski definition) is 1. The lowest BCUT2D eigenvalue weighted by Crippen LogP contribution is -2.29. The summed E-state index contributed by atoms with van der Waals surface area (Å²) in [7, 11) is 0. The lowest BCUT2D eigenvalue weighted by molar-refractivity contribution is -0.120. The van der Waals surface area contributed by atoms with Crippen molar-refractivity contribution in [2.75, 3.05) is 5.32 Å². The van der Waals surface area contributed by atoms with Gasteiger partial charge in [-0.2, -0.15) is 0 Å². The minimum absolute atomic E-state index is 0.000668. The van der Waals surface area contributed by atoms with Crippen LogP contribution < -0.4 is 5.32 Å². The van der Waals surface area contributed by atoms with E-state index in [1.807, 2.05) is 31.6 Å². The zero-order valence-electron chi connectivity index (χ0n) is 11.3. The first-order chi connectivity index (χ1) is 9.63. The summed E-state index contributed by atoms with van der Waals surface area (Å²) in [6.07, 6.45) is 5.24. The molecule has 1 unspecified atom stereocenters. The zero-order valence-corrected chi connectivity index (χ0v) is 12.0. The molecule has 1 aromatic heterocycles. The van der Waals surface area contributed by atoms with Crippen molar-refractivity contribution in [3.63, 3.8) is 0 Å². The molecule has 5 heteroatoms. The van der Waals surface area contributed by atoms with Crippen LogP contribution in [0.3, 0.4) is 0 Å². The number of halogens is 1. The standard InChI is InChI=1S/C15H16ClN3O/c1-10-2-3-12(7-14(10)16)18-15(20)11-4-5-19-9-17-8-13(19)6-11/h2-3,7-9,11H,4-6H2,1H3,(H,18,20). The molecule has 1 atom stereocenters. The molecule has 1 aliphatic rings. The molecule has 0 saturated heterocycles. The van der Waals surface area contributed by atoms with Gasteiger partial charge in [-0.15, -0.1) is 0 Å². The molecule has 0 saturated carbocycles. The third kappa shape index (κ3) is 2.56. The molecule has 0 bridgehead atoms. The normalized spacial score (nSPS) is 17.6. The van der Waals surface area contributed by atoms with Gasteiger partial charge in [0.15, 0.2) is 0 Å². The second-order valence-electron chi connectivity index (χ2n) is 5.22. The van der Waals surface area contributed by atoms with Crippen molar-refractivity contribution in [3.8, 4) is 0 Å². The summed E-state index contributed by atoms with van der Waals surface area (Å²) in [6, 6.07) is 5.59. The monoisotopic (exact) mass is 289 g/mol. The van der Waals surface area contributed by atoms with E-state index in [0.717, 1.165) is 36.3 Å². The first-order valence-corrected chi connectivity index (χ1v) is 7.07. The van der Waals surface area contributed by atoms with Crippen LogP contribution in [0.15, 0.2) is 30.7 Å². The van der Waals surface area contributed by atoms with Gasteiger partial charge < -0.3 is 9.88 Å². The van der Waals surface area contributed by atoms with E-state index in [-0.39, 0.29) is 11.8 Å². The third-order valence-electron chi connectivity index (χ3n) is 3.78. The zero-order chi connectivity index (χ0) is 14.1. The summed E-state index contributed by atoms with van der Waals surface area (Å²) in [4.78, 5) is 16.4. The molecule has 1 aliphatic heterocycles. The highest BCUT2D eigenvalue weighted by Crippen LogP contribution is 2.24. The Morgan fingerprint density at radius 1 is 1.50 bits per heavy atom. The van der Waals surface area contributed by atoms with Gasteiger partial charge in [0, 0.05) is 41.5 Å². The molecule has 4 nitrogen and oxygen atoms in total. The van der Waals surface area contributed by atoms with Gasteiger partial charge in [0.1, 0.15) is 0 Å². The Bertz CT molecular complexity index is 650. The SMILES string of the molecule is Cc1ccc(NC(=O)C2CCn3cncc3C2)cc1Cl. The van der Waals surface area contributed by atoms with Crippen LogP contribution >= 0.6 is 11.6 Å². The minimum Gasteiger partial charge on any atom is -0.335 e. The molecule has 0 aliphatic carbocycles. The average molecular weight is 290 g/mol. The van der Waals surface area contributed by atoms with E-state index in [1.165, 1.54) is 0 Å². The van der Waals surface area contributed by atoms with Crippen LogP contribution in [0.1, 0.15) is 17.7 Å². The van der Waals surface area contributed by atoms with Crippen LogP contribution in [0.5, 0.6) is 0 Å². The predicted molar refractivity (Wildman–Crippen MR) is 78.9 cm³/mol. The molecular weight excluding hydrogens is 274 g/mol. The molecule has 1 N–H and O–H groups in total. The van der Waals surface area contributed by atoms with E-state index in [1.54, 1.807) is 6.07 Å². The fourth-order valence-corrected chi connectivity index (χ4v) is 2.69. The van der Waals surface area contributed by atoms with Crippen molar-refractivity contribution in [2.24, 2.45) is 5.92 Å². The quantitative estimate of drug-likeness (QED) is 0.924. The molecule has 3 rings (SSSR count). The molecule has 20 heavy (non-hydrogen) atoms. The molecule has 2 heterocycles. The van der Waals surface area contributed by atoms with Crippen molar-refractivity contribution in [1.82, 2.24) is 9.55 Å². The summed E-state index contributed by atoms with van der Waals surface area (Å²) >= 11 is 6.07. The maximum Gasteiger partial charge on any atom is 0.227 e. The van der Waals surface area contributed by atoms with Crippen LogP contribution in [-0.2, 0) is 17.8 Å². The van der Waals surface area contributed by atoms with Gasteiger partial charge in [-0.3, -0.25) is 4.79 Å². The molecule has 0 spiro atoms. The fourth-order valence-electron chi connectivity index (χ4n) is 2.51. The number of rotatable bonds is 2. The summed E-state index contributed by atoms with van der Waals surface area (Å²) < 4.78 is 2.10. The van der Waals surface area contributed by atoms with Crippen LogP contribution in [0.25, 0.3) is 0 Å². The lowest BCUT2D eigenvalue weighted by atomic mass is 9.95. The maximum absolute atomic E-state index is 12.3. The number of nitrogens with zero attached hydrogens (tertiary/aromatic N) is 2. The third-order valence-corrected chi connectivity index (χ3v) is 4.19. The van der Waals surface area contributed by atoms with E-state index in [0.29, 0.717) is 5.02 Å². The summed E-state index contributed by atoms with van der Waals surface area (Å²) in [5.74, 6) is 0.0525. The molecule has 104 valence electrons. The van der Waals surface area contributed by atoms with Gasteiger partial charge >= 0.3 is 0 Å². The molecule has 1 amide bonds. The number of carbonyl (C=O) groups excluding carboxylic acids is 1. The van der Waals surface area contributed by atoms with E-state index in [2.05, 4.69) is 14.9 Å². The van der Waals surface area contributed by atoms with Crippen molar-refractivity contribution in [2.45, 2.75) is 26.3 Å². The number of aromatic nitrogens is 2. The Morgan fingerprint density at radius 2 is 2.35 bits per heavy atom. The number of anilines is 1. The van der Waals surface area contributed by atoms with Crippen LogP contribution in [-0.4, -0.2) is 15.5 Å². The first kappa shape index (κ1) is 13.2. The lowest BCUT2D eigenvalue weighted by Gasteiger charge is -2.23. The second-order valence-corrected chi connectivity index (χ2v) is 5.63. The largest absolute Gasteiger partial charge is 0.335 e. The average Bonchev–Trinajstić information content (AvgIpc) is 2.90. The van der Waals surface area contributed by atoms with Crippen LogP contribution in [0, 0.1) is 12.8 Å². The summed E-state index contributed by atoms with van der Waals surface area (Å²) in [5, 5.41) is 3.62. The highest BCUT2D eigenvalue weighted by atomic mass is 35.5. The number of carbonyl (C=O) groups is 1. The fraction of sp³-hybridized carbons (Fsp3) is 0.333. The van der Waals surface area contributed by atoms with Crippen molar-refractivity contribution in [3.05, 3.63) is 47.0 Å². The summed E-state index contributed by atoms with van der Waals surface area (Å²) in [5.41, 5.74) is 2.88. The van der Waals surface area contributed by atoms with Crippen molar-refractivity contribution < 1.29 is 4.79 Å². The number of benzene rings is 1. The highest BCUT2D eigenvalue weighted by molar-refractivity contribution is 6.31. The van der Waals surface area contributed by atoms with E-state index in [9.17, 15) is 4.79 Å². The van der Waals surface area contributed by atoms with Crippen LogP contribution in [0.2, 0.25) is 5.02 Å². The topological polar surface area (TPSA) is 46.9 Å². The highest BCUT2D eigenvalue weighted by Gasteiger charge is 2.24. The number of imidazole rings is 1. The predicted octanol–water partition coefficient (Wildman–Crippen LogP) is 3.05. The number of aryl methyl sites for hydroxylation is 2. The van der Waals surface area contributed by atoms with Crippen LogP contribution in [0.4, 0.5) is 5.69 Å². The smallest absolute Gasteiger partial charge is 0.227 e. The molecular formula is C15H16ClN3O. The molecule has 1 aromatic carbocycles. The Labute approximate surface area is 122 Å². The summed E-state index contributed by atoms with van der Waals surface area (Å²) in [6.45, 7) is 2.79.